The molecular weight excluding hydrogens is 210 g/mol. The summed E-state index contributed by atoms with van der Waals surface area (Å²) in [6.07, 6.45) is 0. The number of aryl methyl sites for hydroxylation is 1. The molecule has 0 amide bonds. The lowest BCUT2D eigenvalue weighted by atomic mass is 9.95. The first-order valence-corrected chi connectivity index (χ1v) is 6.06. The van der Waals surface area contributed by atoms with Crippen LogP contribution in [0.15, 0.2) is 18.2 Å². The van der Waals surface area contributed by atoms with Gasteiger partial charge in [0, 0.05) is 18.5 Å². The van der Waals surface area contributed by atoms with Crippen LogP contribution in [0.25, 0.3) is 11.0 Å². The predicted molar refractivity (Wildman–Crippen MR) is 72.0 cm³/mol. The molecule has 0 radical (unpaired) electrons. The number of rotatable bonds is 2. The van der Waals surface area contributed by atoms with E-state index in [0.29, 0.717) is 5.92 Å². The van der Waals surface area contributed by atoms with Crippen LogP contribution in [-0.4, -0.2) is 9.55 Å². The average Bonchev–Trinajstić information content (AvgIpc) is 2.54. The third kappa shape index (κ3) is 2.07. The standard InChI is InChI=1S/C14H21N3/c1-9(2)13-16-11-8-10(14(3,4)15)6-7-12(11)17(13)5/h6-9H,15H2,1-5H3. The van der Waals surface area contributed by atoms with Crippen LogP contribution in [0.5, 0.6) is 0 Å². The molecule has 1 aromatic heterocycles. The molecule has 1 heterocycles. The summed E-state index contributed by atoms with van der Waals surface area (Å²) in [5.41, 5.74) is 9.13. The lowest BCUT2D eigenvalue weighted by molar-refractivity contribution is 0.555. The summed E-state index contributed by atoms with van der Waals surface area (Å²) in [4.78, 5) is 4.69. The van der Waals surface area contributed by atoms with Gasteiger partial charge >= 0.3 is 0 Å². The lowest BCUT2D eigenvalue weighted by Gasteiger charge is -2.18. The molecule has 2 N–H and O–H groups in total. The Hall–Kier alpha value is -1.35. The number of fused-ring (bicyclic) bond motifs is 1. The van der Waals surface area contributed by atoms with Gasteiger partial charge in [-0.05, 0) is 31.5 Å². The highest BCUT2D eigenvalue weighted by Crippen LogP contribution is 2.25. The third-order valence-electron chi connectivity index (χ3n) is 3.18. The van der Waals surface area contributed by atoms with Gasteiger partial charge in [0.1, 0.15) is 5.82 Å². The first-order valence-electron chi connectivity index (χ1n) is 6.06. The molecule has 0 bridgehead atoms. The van der Waals surface area contributed by atoms with Crippen molar-refractivity contribution in [2.75, 3.05) is 0 Å². The zero-order chi connectivity index (χ0) is 12.8. The second-order valence-electron chi connectivity index (χ2n) is 5.61. The number of benzene rings is 1. The molecule has 0 atom stereocenters. The Bertz CT molecular complexity index is 544. The van der Waals surface area contributed by atoms with Crippen molar-refractivity contribution in [2.24, 2.45) is 12.8 Å². The molecule has 0 saturated heterocycles. The van der Waals surface area contributed by atoms with Gasteiger partial charge in [-0.15, -0.1) is 0 Å². The van der Waals surface area contributed by atoms with E-state index in [1.807, 2.05) is 13.8 Å². The van der Waals surface area contributed by atoms with Crippen LogP contribution in [0.4, 0.5) is 0 Å². The van der Waals surface area contributed by atoms with Gasteiger partial charge in [0.15, 0.2) is 0 Å². The van der Waals surface area contributed by atoms with E-state index in [-0.39, 0.29) is 5.54 Å². The maximum absolute atomic E-state index is 6.12. The highest BCUT2D eigenvalue weighted by atomic mass is 15.1. The van der Waals surface area contributed by atoms with E-state index < -0.39 is 0 Å². The van der Waals surface area contributed by atoms with Crippen molar-refractivity contribution in [3.63, 3.8) is 0 Å². The number of nitrogens with zero attached hydrogens (tertiary/aromatic N) is 2. The van der Waals surface area contributed by atoms with Crippen molar-refractivity contribution in [1.29, 1.82) is 0 Å². The van der Waals surface area contributed by atoms with Gasteiger partial charge in [0.2, 0.25) is 0 Å². The molecule has 1 aromatic carbocycles. The topological polar surface area (TPSA) is 43.8 Å². The predicted octanol–water partition coefficient (Wildman–Crippen LogP) is 2.89. The Kier molecular flexibility index (Phi) is 2.74. The van der Waals surface area contributed by atoms with Crippen LogP contribution in [-0.2, 0) is 12.6 Å². The number of nitrogens with two attached hydrogens (primary N) is 1. The summed E-state index contributed by atoms with van der Waals surface area (Å²) in [5.74, 6) is 1.55. The Balaban J connectivity index is 2.64. The van der Waals surface area contributed by atoms with Gasteiger partial charge in [-0.1, -0.05) is 19.9 Å². The summed E-state index contributed by atoms with van der Waals surface area (Å²) in [6, 6.07) is 6.30. The summed E-state index contributed by atoms with van der Waals surface area (Å²) in [6.45, 7) is 8.35. The Morgan fingerprint density at radius 1 is 1.29 bits per heavy atom. The number of hydrogen-bond donors (Lipinski definition) is 1. The van der Waals surface area contributed by atoms with Crippen molar-refractivity contribution in [3.05, 3.63) is 29.6 Å². The highest BCUT2D eigenvalue weighted by Gasteiger charge is 2.17. The molecular formula is C14H21N3. The largest absolute Gasteiger partial charge is 0.331 e. The molecule has 2 rings (SSSR count). The smallest absolute Gasteiger partial charge is 0.112 e. The van der Waals surface area contributed by atoms with E-state index in [1.54, 1.807) is 0 Å². The Morgan fingerprint density at radius 3 is 2.47 bits per heavy atom. The SMILES string of the molecule is CC(C)c1nc2cc(C(C)(C)N)ccc2n1C. The molecule has 0 saturated carbocycles. The van der Waals surface area contributed by atoms with Crippen molar-refractivity contribution >= 4 is 11.0 Å². The van der Waals surface area contributed by atoms with Gasteiger partial charge in [-0.3, -0.25) is 0 Å². The molecule has 0 aliphatic rings. The lowest BCUT2D eigenvalue weighted by Crippen LogP contribution is -2.28. The molecule has 0 fully saturated rings. The monoisotopic (exact) mass is 231 g/mol. The normalized spacial score (nSPS) is 12.6. The Labute approximate surface area is 103 Å². The maximum Gasteiger partial charge on any atom is 0.112 e. The van der Waals surface area contributed by atoms with Crippen LogP contribution < -0.4 is 5.73 Å². The molecule has 0 aliphatic heterocycles. The van der Waals surface area contributed by atoms with E-state index in [2.05, 4.69) is 43.7 Å². The average molecular weight is 231 g/mol. The first kappa shape index (κ1) is 12.1. The first-order chi connectivity index (χ1) is 7.80. The van der Waals surface area contributed by atoms with Crippen LogP contribution in [0.2, 0.25) is 0 Å². The molecule has 3 heteroatoms. The zero-order valence-corrected chi connectivity index (χ0v) is 11.3. The fourth-order valence-electron chi connectivity index (χ4n) is 2.14. The van der Waals surface area contributed by atoms with Gasteiger partial charge < -0.3 is 10.3 Å². The second kappa shape index (κ2) is 3.84. The van der Waals surface area contributed by atoms with Crippen LogP contribution in [0, 0.1) is 0 Å². The van der Waals surface area contributed by atoms with Crippen LogP contribution in [0.3, 0.4) is 0 Å². The highest BCUT2D eigenvalue weighted by molar-refractivity contribution is 5.77. The van der Waals surface area contributed by atoms with E-state index in [9.17, 15) is 0 Å². The van der Waals surface area contributed by atoms with Crippen molar-refractivity contribution in [3.8, 4) is 0 Å². The van der Waals surface area contributed by atoms with Crippen molar-refractivity contribution < 1.29 is 0 Å². The van der Waals surface area contributed by atoms with Crippen molar-refractivity contribution in [1.82, 2.24) is 9.55 Å². The van der Waals surface area contributed by atoms with E-state index >= 15 is 0 Å². The molecule has 2 aromatic rings. The van der Waals surface area contributed by atoms with Gasteiger partial charge in [-0.25, -0.2) is 4.98 Å². The van der Waals surface area contributed by atoms with Gasteiger partial charge in [0.25, 0.3) is 0 Å². The molecule has 92 valence electrons. The molecule has 0 aliphatic carbocycles. The van der Waals surface area contributed by atoms with E-state index in [4.69, 9.17) is 10.7 Å². The number of aromatic nitrogens is 2. The van der Waals surface area contributed by atoms with Crippen molar-refractivity contribution in [2.45, 2.75) is 39.2 Å². The summed E-state index contributed by atoms with van der Waals surface area (Å²) < 4.78 is 2.16. The van der Waals surface area contributed by atoms with Crippen LogP contribution >= 0.6 is 0 Å². The zero-order valence-electron chi connectivity index (χ0n) is 11.3. The minimum Gasteiger partial charge on any atom is -0.331 e. The van der Waals surface area contributed by atoms with Gasteiger partial charge in [-0.2, -0.15) is 0 Å². The minimum atomic E-state index is -0.316. The third-order valence-corrected chi connectivity index (χ3v) is 3.18. The fourth-order valence-corrected chi connectivity index (χ4v) is 2.14. The Morgan fingerprint density at radius 2 is 1.94 bits per heavy atom. The second-order valence-corrected chi connectivity index (χ2v) is 5.61. The number of hydrogen-bond acceptors (Lipinski definition) is 2. The van der Waals surface area contributed by atoms with Gasteiger partial charge in [0.05, 0.1) is 11.0 Å². The van der Waals surface area contributed by atoms with E-state index in [0.717, 1.165) is 16.9 Å². The summed E-state index contributed by atoms with van der Waals surface area (Å²) >= 11 is 0. The maximum atomic E-state index is 6.12. The quantitative estimate of drug-likeness (QED) is 0.863. The summed E-state index contributed by atoms with van der Waals surface area (Å²) in [7, 11) is 2.07. The molecule has 17 heavy (non-hydrogen) atoms. The molecule has 3 nitrogen and oxygen atoms in total. The van der Waals surface area contributed by atoms with Crippen LogP contribution in [0.1, 0.15) is 45.0 Å². The minimum absolute atomic E-state index is 0.316. The molecule has 0 spiro atoms. The van der Waals surface area contributed by atoms with E-state index in [1.165, 1.54) is 5.52 Å². The number of imidazole rings is 1. The summed E-state index contributed by atoms with van der Waals surface area (Å²) in [5, 5.41) is 0. The fraction of sp³-hybridized carbons (Fsp3) is 0.500. The molecule has 0 unspecified atom stereocenters.